The molecule has 1 fully saturated rings. The largest absolute Gasteiger partial charge is 0.380 e. The molecule has 0 aliphatic heterocycles. The topological polar surface area (TPSA) is 25.4 Å². The van der Waals surface area contributed by atoms with Crippen molar-refractivity contribution in [3.05, 3.63) is 29.0 Å². The second-order valence-corrected chi connectivity index (χ2v) is 5.16. The van der Waals surface area contributed by atoms with E-state index in [9.17, 15) is 0 Å². The van der Waals surface area contributed by atoms with E-state index >= 15 is 0 Å². The van der Waals surface area contributed by atoms with Crippen LogP contribution in [0.5, 0.6) is 0 Å². The van der Waals surface area contributed by atoms with Crippen molar-refractivity contribution in [2.45, 2.75) is 19.4 Å². The maximum atomic E-state index is 5.91. The Kier molecular flexibility index (Phi) is 4.77. The van der Waals surface area contributed by atoms with Crippen molar-refractivity contribution in [2.24, 2.45) is 5.92 Å². The molecule has 0 unspecified atom stereocenters. The molecule has 0 N–H and O–H groups in total. The average Bonchev–Trinajstić information content (AvgIpc) is 3.08. The van der Waals surface area contributed by atoms with Gasteiger partial charge in [-0.2, -0.15) is 0 Å². The number of ether oxygens (including phenoxy) is 1. The van der Waals surface area contributed by atoms with E-state index < -0.39 is 0 Å². The summed E-state index contributed by atoms with van der Waals surface area (Å²) in [6.45, 7) is 3.48. The van der Waals surface area contributed by atoms with Gasteiger partial charge in [0.1, 0.15) is 0 Å². The van der Waals surface area contributed by atoms with Gasteiger partial charge in [-0.15, -0.1) is 0 Å². The summed E-state index contributed by atoms with van der Waals surface area (Å²) >= 11 is 5.91. The summed E-state index contributed by atoms with van der Waals surface area (Å²) in [5.74, 6) is 0.843. The normalized spacial score (nSPS) is 15.5. The first-order chi connectivity index (χ1) is 8.24. The van der Waals surface area contributed by atoms with Gasteiger partial charge in [0.05, 0.1) is 12.3 Å². The molecule has 1 heterocycles. The Bertz CT molecular complexity index is 355. The fraction of sp³-hybridized carbons (Fsp3) is 0.615. The van der Waals surface area contributed by atoms with Crippen molar-refractivity contribution in [2.75, 3.05) is 26.8 Å². The van der Waals surface area contributed by atoms with E-state index in [1.165, 1.54) is 12.8 Å². The van der Waals surface area contributed by atoms with Crippen LogP contribution in [0, 0.1) is 5.92 Å². The monoisotopic (exact) mass is 254 g/mol. The van der Waals surface area contributed by atoms with E-state index in [-0.39, 0.29) is 0 Å². The van der Waals surface area contributed by atoms with Crippen molar-refractivity contribution in [1.82, 2.24) is 9.88 Å². The molecule has 0 aromatic carbocycles. The Morgan fingerprint density at radius 3 is 3.06 bits per heavy atom. The lowest BCUT2D eigenvalue weighted by molar-refractivity contribution is 0.101. The number of pyridine rings is 1. The van der Waals surface area contributed by atoms with Crippen LogP contribution in [0.3, 0.4) is 0 Å². The fourth-order valence-corrected chi connectivity index (χ4v) is 1.83. The third-order valence-corrected chi connectivity index (χ3v) is 3.11. The van der Waals surface area contributed by atoms with Crippen molar-refractivity contribution in [3.8, 4) is 0 Å². The van der Waals surface area contributed by atoms with Crippen LogP contribution >= 0.6 is 11.6 Å². The molecular formula is C13H19ClN2O. The number of hydrogen-bond acceptors (Lipinski definition) is 3. The van der Waals surface area contributed by atoms with Gasteiger partial charge < -0.3 is 4.74 Å². The van der Waals surface area contributed by atoms with Crippen LogP contribution in [-0.4, -0.2) is 36.7 Å². The van der Waals surface area contributed by atoms with Crippen molar-refractivity contribution >= 4 is 11.6 Å². The lowest BCUT2D eigenvalue weighted by atomic mass is 10.3. The Hall–Kier alpha value is -0.640. The van der Waals surface area contributed by atoms with E-state index in [0.717, 1.165) is 42.9 Å². The highest BCUT2D eigenvalue weighted by Gasteiger charge is 2.20. The third-order valence-electron chi connectivity index (χ3n) is 2.88. The molecule has 1 aromatic heterocycles. The van der Waals surface area contributed by atoms with Crippen LogP contribution < -0.4 is 0 Å². The Morgan fingerprint density at radius 1 is 1.53 bits per heavy atom. The predicted octanol–water partition coefficient (Wildman–Crippen LogP) is 2.59. The number of likely N-dealkylation sites (N-methyl/N-ethyl adjacent to an activating group) is 1. The Balaban J connectivity index is 1.63. The minimum atomic E-state index is 0.744. The summed E-state index contributed by atoms with van der Waals surface area (Å²) < 4.78 is 5.60. The smallest absolute Gasteiger partial charge is 0.0593 e. The average molecular weight is 255 g/mol. The summed E-state index contributed by atoms with van der Waals surface area (Å²) in [4.78, 5) is 6.48. The predicted molar refractivity (Wildman–Crippen MR) is 69.1 cm³/mol. The van der Waals surface area contributed by atoms with E-state index in [0.29, 0.717) is 0 Å². The van der Waals surface area contributed by atoms with Gasteiger partial charge in [0.25, 0.3) is 0 Å². The van der Waals surface area contributed by atoms with Gasteiger partial charge in [-0.05, 0) is 37.9 Å². The number of rotatable bonds is 7. The molecule has 0 radical (unpaired) electrons. The molecule has 2 rings (SSSR count). The number of aromatic nitrogens is 1. The van der Waals surface area contributed by atoms with Gasteiger partial charge in [0.2, 0.25) is 0 Å². The van der Waals surface area contributed by atoms with Crippen molar-refractivity contribution < 1.29 is 4.74 Å². The highest BCUT2D eigenvalue weighted by atomic mass is 35.5. The van der Waals surface area contributed by atoms with Gasteiger partial charge >= 0.3 is 0 Å². The van der Waals surface area contributed by atoms with Crippen LogP contribution in [0.1, 0.15) is 18.5 Å². The molecule has 94 valence electrons. The summed E-state index contributed by atoms with van der Waals surface area (Å²) in [6.07, 6.45) is 4.44. The Morgan fingerprint density at radius 2 is 2.35 bits per heavy atom. The molecule has 1 saturated carbocycles. The molecule has 17 heavy (non-hydrogen) atoms. The van der Waals surface area contributed by atoms with Gasteiger partial charge in [-0.3, -0.25) is 9.88 Å². The molecule has 1 aliphatic rings. The van der Waals surface area contributed by atoms with Crippen LogP contribution in [0.25, 0.3) is 0 Å². The number of hydrogen-bond donors (Lipinski definition) is 0. The Labute approximate surface area is 108 Å². The van der Waals surface area contributed by atoms with E-state index in [1.54, 1.807) is 12.3 Å². The van der Waals surface area contributed by atoms with Crippen LogP contribution in [0.4, 0.5) is 0 Å². The third kappa shape index (κ3) is 5.02. The highest BCUT2D eigenvalue weighted by molar-refractivity contribution is 6.30. The van der Waals surface area contributed by atoms with Gasteiger partial charge in [0, 0.05) is 30.9 Å². The second kappa shape index (κ2) is 6.34. The summed E-state index contributed by atoms with van der Waals surface area (Å²) in [6, 6.07) is 3.70. The van der Waals surface area contributed by atoms with Crippen molar-refractivity contribution in [3.63, 3.8) is 0 Å². The van der Waals surface area contributed by atoms with Crippen LogP contribution in [0.2, 0.25) is 5.02 Å². The maximum absolute atomic E-state index is 5.91. The zero-order valence-corrected chi connectivity index (χ0v) is 11.0. The molecule has 0 atom stereocenters. The highest BCUT2D eigenvalue weighted by Crippen LogP contribution is 2.28. The summed E-state index contributed by atoms with van der Waals surface area (Å²) in [5, 5.41) is 0.744. The van der Waals surface area contributed by atoms with Gasteiger partial charge in [-0.25, -0.2) is 0 Å². The first kappa shape index (κ1) is 12.8. The fourth-order valence-electron chi connectivity index (χ4n) is 1.65. The number of halogens is 1. The zero-order valence-electron chi connectivity index (χ0n) is 10.2. The van der Waals surface area contributed by atoms with E-state index in [2.05, 4.69) is 16.9 Å². The van der Waals surface area contributed by atoms with Gasteiger partial charge in [-0.1, -0.05) is 11.6 Å². The van der Waals surface area contributed by atoms with E-state index in [1.807, 2.05) is 6.07 Å². The SMILES string of the molecule is CN(CCOCC1CC1)Cc1cc(Cl)ccn1. The minimum Gasteiger partial charge on any atom is -0.380 e. The molecule has 4 heteroatoms. The quantitative estimate of drug-likeness (QED) is 0.700. The molecule has 0 spiro atoms. The van der Waals surface area contributed by atoms with E-state index in [4.69, 9.17) is 16.3 Å². The summed E-state index contributed by atoms with van der Waals surface area (Å²) in [5.41, 5.74) is 1.00. The first-order valence-corrected chi connectivity index (χ1v) is 6.48. The molecule has 0 bridgehead atoms. The molecular weight excluding hydrogens is 236 g/mol. The van der Waals surface area contributed by atoms with Crippen LogP contribution in [-0.2, 0) is 11.3 Å². The molecule has 0 amide bonds. The maximum Gasteiger partial charge on any atom is 0.0593 e. The second-order valence-electron chi connectivity index (χ2n) is 4.72. The first-order valence-electron chi connectivity index (χ1n) is 6.11. The molecule has 3 nitrogen and oxygen atoms in total. The molecule has 1 aromatic rings. The van der Waals surface area contributed by atoms with Crippen LogP contribution in [0.15, 0.2) is 18.3 Å². The summed E-state index contributed by atoms with van der Waals surface area (Å²) in [7, 11) is 2.07. The lowest BCUT2D eigenvalue weighted by Gasteiger charge is -2.16. The lowest BCUT2D eigenvalue weighted by Crippen LogP contribution is -2.23. The van der Waals surface area contributed by atoms with Gasteiger partial charge in [0.15, 0.2) is 0 Å². The number of nitrogens with zero attached hydrogens (tertiary/aromatic N) is 2. The zero-order chi connectivity index (χ0) is 12.1. The van der Waals surface area contributed by atoms with Crippen molar-refractivity contribution in [1.29, 1.82) is 0 Å². The molecule has 0 saturated heterocycles. The standard InChI is InChI=1S/C13H19ClN2O/c1-16(6-7-17-10-11-2-3-11)9-13-8-12(14)4-5-15-13/h4-5,8,11H,2-3,6-7,9-10H2,1H3. The minimum absolute atomic E-state index is 0.744. The molecule has 1 aliphatic carbocycles.